The van der Waals surface area contributed by atoms with Crippen LogP contribution in [-0.2, 0) is 14.8 Å². The SMILES string of the molecule is COc1ccc(C)cc1S(=O)(=O)N1CCC[C@@H](C(=O)Nc2ccccc2Cl)C1. The molecular weight excluding hydrogens is 400 g/mol. The second kappa shape index (κ2) is 8.51. The molecule has 0 radical (unpaired) electrons. The Morgan fingerprint density at radius 3 is 2.71 bits per heavy atom. The van der Waals surface area contributed by atoms with Gasteiger partial charge in [-0.2, -0.15) is 4.31 Å². The maximum atomic E-state index is 13.2. The van der Waals surface area contributed by atoms with Crippen LogP contribution in [0.1, 0.15) is 18.4 Å². The number of methoxy groups -OCH3 is 1. The maximum Gasteiger partial charge on any atom is 0.246 e. The summed E-state index contributed by atoms with van der Waals surface area (Å²) in [6, 6.07) is 12.0. The number of carbonyl (C=O) groups excluding carboxylic acids is 1. The molecule has 1 aliphatic rings. The van der Waals surface area contributed by atoms with Gasteiger partial charge in [-0.25, -0.2) is 8.42 Å². The molecule has 2 aromatic rings. The van der Waals surface area contributed by atoms with E-state index in [4.69, 9.17) is 16.3 Å². The maximum absolute atomic E-state index is 13.2. The van der Waals surface area contributed by atoms with Crippen LogP contribution in [0.15, 0.2) is 47.4 Å². The van der Waals surface area contributed by atoms with Crippen LogP contribution in [0.5, 0.6) is 5.75 Å². The Bertz CT molecular complexity index is 978. The van der Waals surface area contributed by atoms with Gasteiger partial charge in [0.2, 0.25) is 15.9 Å². The molecule has 3 rings (SSSR count). The highest BCUT2D eigenvalue weighted by Crippen LogP contribution is 2.31. The zero-order valence-electron chi connectivity index (χ0n) is 15.8. The molecule has 1 saturated heterocycles. The van der Waals surface area contributed by atoms with Gasteiger partial charge >= 0.3 is 0 Å². The first kappa shape index (κ1) is 20.6. The fourth-order valence-corrected chi connectivity index (χ4v) is 5.24. The average Bonchev–Trinajstić information content (AvgIpc) is 2.69. The van der Waals surface area contributed by atoms with Gasteiger partial charge in [0.25, 0.3) is 0 Å². The van der Waals surface area contributed by atoms with Crippen LogP contribution in [0.3, 0.4) is 0 Å². The highest BCUT2D eigenvalue weighted by Gasteiger charge is 2.35. The van der Waals surface area contributed by atoms with Crippen LogP contribution >= 0.6 is 11.6 Å². The molecule has 0 bridgehead atoms. The van der Waals surface area contributed by atoms with Crippen LogP contribution in [0.2, 0.25) is 5.02 Å². The Balaban J connectivity index is 1.80. The third-order valence-electron chi connectivity index (χ3n) is 4.82. The minimum absolute atomic E-state index is 0.121. The molecule has 0 saturated carbocycles. The van der Waals surface area contributed by atoms with E-state index >= 15 is 0 Å². The summed E-state index contributed by atoms with van der Waals surface area (Å²) in [4.78, 5) is 12.8. The molecule has 6 nitrogen and oxygen atoms in total. The van der Waals surface area contributed by atoms with Gasteiger partial charge in [0.05, 0.1) is 23.7 Å². The van der Waals surface area contributed by atoms with Gasteiger partial charge in [-0.3, -0.25) is 4.79 Å². The van der Waals surface area contributed by atoms with Crippen LogP contribution in [0, 0.1) is 12.8 Å². The molecule has 1 N–H and O–H groups in total. The van der Waals surface area contributed by atoms with Crippen LogP contribution in [0.25, 0.3) is 0 Å². The highest BCUT2D eigenvalue weighted by atomic mass is 35.5. The van der Waals surface area contributed by atoms with Crippen LogP contribution < -0.4 is 10.1 Å². The molecule has 1 aliphatic heterocycles. The van der Waals surface area contributed by atoms with Gasteiger partial charge in [0.15, 0.2) is 0 Å². The van der Waals surface area contributed by atoms with Gasteiger partial charge in [-0.15, -0.1) is 0 Å². The lowest BCUT2D eigenvalue weighted by atomic mass is 9.99. The number of benzene rings is 2. The number of hydrogen-bond acceptors (Lipinski definition) is 4. The summed E-state index contributed by atoms with van der Waals surface area (Å²) in [5, 5.41) is 3.25. The molecule has 2 aromatic carbocycles. The third kappa shape index (κ3) is 4.32. The molecule has 0 unspecified atom stereocenters. The Kier molecular flexibility index (Phi) is 6.27. The Morgan fingerprint density at radius 1 is 1.25 bits per heavy atom. The summed E-state index contributed by atoms with van der Waals surface area (Å²) in [5.41, 5.74) is 1.35. The minimum Gasteiger partial charge on any atom is -0.495 e. The number of rotatable bonds is 5. The smallest absolute Gasteiger partial charge is 0.246 e. The molecule has 1 fully saturated rings. The standard InChI is InChI=1S/C20H23ClN2O4S/c1-14-9-10-18(27-2)19(12-14)28(25,26)23-11-5-6-15(13-23)20(24)22-17-8-4-3-7-16(17)21/h3-4,7-10,12,15H,5-6,11,13H2,1-2H3,(H,22,24)/t15-/m1/s1. The predicted molar refractivity (Wildman–Crippen MR) is 109 cm³/mol. The molecule has 0 aliphatic carbocycles. The van der Waals surface area contributed by atoms with E-state index in [-0.39, 0.29) is 17.3 Å². The average molecular weight is 423 g/mol. The van der Waals surface area contributed by atoms with Crippen molar-refractivity contribution in [2.24, 2.45) is 5.92 Å². The van der Waals surface area contributed by atoms with Gasteiger partial charge in [-0.05, 0) is 49.6 Å². The Labute approximate surface area is 170 Å². The van der Waals surface area contributed by atoms with Crippen molar-refractivity contribution >= 4 is 33.2 Å². The van der Waals surface area contributed by atoms with Gasteiger partial charge in [0.1, 0.15) is 10.6 Å². The summed E-state index contributed by atoms with van der Waals surface area (Å²) in [7, 11) is -2.33. The van der Waals surface area contributed by atoms with Crippen molar-refractivity contribution in [1.82, 2.24) is 4.31 Å². The third-order valence-corrected chi connectivity index (χ3v) is 7.04. The number of piperidine rings is 1. The molecule has 0 aromatic heterocycles. The van der Waals surface area contributed by atoms with E-state index in [0.29, 0.717) is 35.8 Å². The van der Waals surface area contributed by atoms with E-state index in [1.807, 2.05) is 6.92 Å². The molecule has 150 valence electrons. The lowest BCUT2D eigenvalue weighted by Crippen LogP contribution is -2.43. The first-order valence-electron chi connectivity index (χ1n) is 9.03. The van der Waals surface area contributed by atoms with Crippen molar-refractivity contribution in [3.8, 4) is 5.75 Å². The molecule has 1 atom stereocenters. The number of amides is 1. The number of ether oxygens (including phenoxy) is 1. The number of nitrogens with one attached hydrogen (secondary N) is 1. The molecule has 28 heavy (non-hydrogen) atoms. The summed E-state index contributed by atoms with van der Waals surface area (Å²) in [6.45, 7) is 2.32. The number of aryl methyl sites for hydroxylation is 1. The fourth-order valence-electron chi connectivity index (χ4n) is 3.30. The van der Waals surface area contributed by atoms with Crippen molar-refractivity contribution < 1.29 is 17.9 Å². The lowest BCUT2D eigenvalue weighted by Gasteiger charge is -2.31. The summed E-state index contributed by atoms with van der Waals surface area (Å²) < 4.78 is 33.0. The summed E-state index contributed by atoms with van der Waals surface area (Å²) >= 11 is 6.10. The van der Waals surface area contributed by atoms with E-state index in [9.17, 15) is 13.2 Å². The largest absolute Gasteiger partial charge is 0.495 e. The van der Waals surface area contributed by atoms with E-state index in [0.717, 1.165) is 5.56 Å². The molecule has 1 heterocycles. The number of anilines is 1. The summed E-state index contributed by atoms with van der Waals surface area (Å²) in [6.07, 6.45) is 1.22. The van der Waals surface area contributed by atoms with Crippen LogP contribution in [-0.4, -0.2) is 38.8 Å². The highest BCUT2D eigenvalue weighted by molar-refractivity contribution is 7.89. The van der Waals surface area contributed by atoms with Gasteiger partial charge in [0, 0.05) is 13.1 Å². The molecule has 0 spiro atoms. The lowest BCUT2D eigenvalue weighted by molar-refractivity contribution is -0.120. The van der Waals surface area contributed by atoms with Gasteiger partial charge in [-0.1, -0.05) is 29.8 Å². The monoisotopic (exact) mass is 422 g/mol. The second-order valence-electron chi connectivity index (χ2n) is 6.83. The molecule has 8 heteroatoms. The number of hydrogen-bond donors (Lipinski definition) is 1. The quantitative estimate of drug-likeness (QED) is 0.797. The summed E-state index contributed by atoms with van der Waals surface area (Å²) in [5.74, 6) is -0.381. The number of sulfonamides is 1. The number of halogens is 1. The fraction of sp³-hybridized carbons (Fsp3) is 0.350. The van der Waals surface area contributed by atoms with Crippen molar-refractivity contribution in [3.63, 3.8) is 0 Å². The van der Waals surface area contributed by atoms with E-state index < -0.39 is 15.9 Å². The van der Waals surface area contributed by atoms with E-state index in [1.165, 1.54) is 11.4 Å². The first-order chi connectivity index (χ1) is 13.3. The first-order valence-corrected chi connectivity index (χ1v) is 10.8. The number of nitrogens with zero attached hydrogens (tertiary/aromatic N) is 1. The molecular formula is C20H23ClN2O4S. The van der Waals surface area contributed by atoms with Gasteiger partial charge < -0.3 is 10.1 Å². The van der Waals surface area contributed by atoms with Crippen molar-refractivity contribution in [1.29, 1.82) is 0 Å². The Morgan fingerprint density at radius 2 is 2.00 bits per heavy atom. The second-order valence-corrected chi connectivity index (χ2v) is 9.14. The van der Waals surface area contributed by atoms with Crippen molar-refractivity contribution in [2.75, 3.05) is 25.5 Å². The number of carbonyl (C=O) groups is 1. The Hall–Kier alpha value is -2.09. The normalized spacial score (nSPS) is 17.9. The van der Waals surface area contributed by atoms with E-state index in [1.54, 1.807) is 42.5 Å². The number of para-hydroxylation sites is 1. The minimum atomic E-state index is -3.77. The topological polar surface area (TPSA) is 75.7 Å². The zero-order chi connectivity index (χ0) is 20.3. The predicted octanol–water partition coefficient (Wildman–Crippen LogP) is 3.70. The van der Waals surface area contributed by atoms with Crippen LogP contribution in [0.4, 0.5) is 5.69 Å². The van der Waals surface area contributed by atoms with Crippen molar-refractivity contribution in [2.45, 2.75) is 24.7 Å². The molecule has 1 amide bonds. The zero-order valence-corrected chi connectivity index (χ0v) is 17.4. The van der Waals surface area contributed by atoms with E-state index in [2.05, 4.69) is 5.32 Å². The van der Waals surface area contributed by atoms with Crippen molar-refractivity contribution in [3.05, 3.63) is 53.1 Å².